The van der Waals surface area contributed by atoms with Crippen molar-refractivity contribution < 1.29 is 18.8 Å². The molecular weight excluding hydrogens is 239 g/mol. The molecule has 2 amide bonds. The van der Waals surface area contributed by atoms with Crippen LogP contribution in [0.15, 0.2) is 18.2 Å². The molecule has 6 heteroatoms. The molecule has 1 aliphatic rings. The average molecular weight is 250 g/mol. The highest BCUT2D eigenvalue weighted by Gasteiger charge is 2.31. The van der Waals surface area contributed by atoms with Crippen molar-refractivity contribution in [2.75, 3.05) is 11.4 Å². The first-order valence-corrected chi connectivity index (χ1v) is 5.38. The summed E-state index contributed by atoms with van der Waals surface area (Å²) in [6, 6.07) is 3.27. The summed E-state index contributed by atoms with van der Waals surface area (Å²) in [5.74, 6) is -1.57. The van der Waals surface area contributed by atoms with Crippen molar-refractivity contribution in [3.8, 4) is 0 Å². The van der Waals surface area contributed by atoms with E-state index in [9.17, 15) is 18.8 Å². The molecule has 1 aliphatic heterocycles. The van der Waals surface area contributed by atoms with Crippen LogP contribution in [0, 0.1) is 5.82 Å². The van der Waals surface area contributed by atoms with Crippen LogP contribution >= 0.6 is 0 Å². The smallest absolute Gasteiger partial charge is 0.249 e. The lowest BCUT2D eigenvalue weighted by Gasteiger charge is -2.33. The number of imide groups is 1. The van der Waals surface area contributed by atoms with Gasteiger partial charge in [0.25, 0.3) is 0 Å². The fourth-order valence-electron chi connectivity index (χ4n) is 1.84. The predicted octanol–water partition coefficient (Wildman–Crippen LogP) is 0.489. The van der Waals surface area contributed by atoms with Gasteiger partial charge in [-0.05, 0) is 25.1 Å². The van der Waals surface area contributed by atoms with Crippen LogP contribution in [0.2, 0.25) is 0 Å². The summed E-state index contributed by atoms with van der Waals surface area (Å²) >= 11 is 0. The summed E-state index contributed by atoms with van der Waals surface area (Å²) in [7, 11) is 0. The summed E-state index contributed by atoms with van der Waals surface area (Å²) in [4.78, 5) is 34.6. The van der Waals surface area contributed by atoms with Crippen molar-refractivity contribution in [1.82, 2.24) is 5.32 Å². The van der Waals surface area contributed by atoms with E-state index in [1.807, 2.05) is 0 Å². The van der Waals surface area contributed by atoms with Gasteiger partial charge >= 0.3 is 0 Å². The van der Waals surface area contributed by atoms with Crippen LogP contribution in [-0.4, -0.2) is 30.7 Å². The zero-order valence-electron chi connectivity index (χ0n) is 9.64. The predicted molar refractivity (Wildman–Crippen MR) is 61.7 cm³/mol. The SMILES string of the molecule is CC1C(=O)NC(=O)CN1c1ccc(C=O)cc1F. The van der Waals surface area contributed by atoms with Gasteiger partial charge in [0.1, 0.15) is 18.1 Å². The van der Waals surface area contributed by atoms with Gasteiger partial charge in [-0.15, -0.1) is 0 Å². The Hall–Kier alpha value is -2.24. The maximum Gasteiger partial charge on any atom is 0.249 e. The summed E-state index contributed by atoms with van der Waals surface area (Å²) in [5.41, 5.74) is 0.341. The Morgan fingerprint density at radius 1 is 1.44 bits per heavy atom. The van der Waals surface area contributed by atoms with Crippen molar-refractivity contribution in [3.05, 3.63) is 29.6 Å². The van der Waals surface area contributed by atoms with Gasteiger partial charge < -0.3 is 4.90 Å². The Balaban J connectivity index is 2.38. The maximum absolute atomic E-state index is 13.8. The Kier molecular flexibility index (Phi) is 3.10. The number of amides is 2. The molecule has 1 aromatic rings. The van der Waals surface area contributed by atoms with Gasteiger partial charge in [0.05, 0.1) is 12.2 Å². The van der Waals surface area contributed by atoms with E-state index in [1.165, 1.54) is 17.0 Å². The van der Waals surface area contributed by atoms with E-state index in [0.29, 0.717) is 6.29 Å². The van der Waals surface area contributed by atoms with Gasteiger partial charge in [0.2, 0.25) is 11.8 Å². The largest absolute Gasteiger partial charge is 0.348 e. The first-order chi connectivity index (χ1) is 8.52. The van der Waals surface area contributed by atoms with Gasteiger partial charge in [0.15, 0.2) is 0 Å². The standard InChI is InChI=1S/C12H11FN2O3/c1-7-12(18)14-11(17)5-15(7)10-3-2-8(6-16)4-9(10)13/h2-4,6-7H,5H2,1H3,(H,14,17,18). The van der Waals surface area contributed by atoms with Crippen molar-refractivity contribution in [1.29, 1.82) is 0 Å². The van der Waals surface area contributed by atoms with E-state index in [2.05, 4.69) is 5.32 Å². The molecule has 2 rings (SSSR count). The van der Waals surface area contributed by atoms with Crippen LogP contribution in [0.4, 0.5) is 10.1 Å². The first-order valence-electron chi connectivity index (χ1n) is 5.38. The second-order valence-electron chi connectivity index (χ2n) is 4.05. The monoisotopic (exact) mass is 250 g/mol. The molecule has 1 N–H and O–H groups in total. The normalized spacial score (nSPS) is 19.7. The zero-order valence-corrected chi connectivity index (χ0v) is 9.64. The van der Waals surface area contributed by atoms with Crippen LogP contribution in [0.1, 0.15) is 17.3 Å². The van der Waals surface area contributed by atoms with Crippen LogP contribution in [0.3, 0.4) is 0 Å². The third-order valence-electron chi connectivity index (χ3n) is 2.84. The highest BCUT2D eigenvalue weighted by Crippen LogP contribution is 2.23. The molecule has 94 valence electrons. The average Bonchev–Trinajstić information content (AvgIpc) is 2.34. The molecule has 0 saturated carbocycles. The Bertz CT molecular complexity index is 530. The highest BCUT2D eigenvalue weighted by atomic mass is 19.1. The van der Waals surface area contributed by atoms with Gasteiger partial charge in [-0.2, -0.15) is 0 Å². The number of carbonyl (C=O) groups is 3. The fraction of sp³-hybridized carbons (Fsp3) is 0.250. The summed E-state index contributed by atoms with van der Waals surface area (Å²) in [5, 5.41) is 2.17. The van der Waals surface area contributed by atoms with Crippen molar-refractivity contribution >= 4 is 23.8 Å². The van der Waals surface area contributed by atoms with Gasteiger partial charge in [0, 0.05) is 5.56 Å². The van der Waals surface area contributed by atoms with Gasteiger partial charge in [-0.3, -0.25) is 19.7 Å². The molecule has 1 unspecified atom stereocenters. The number of nitrogens with zero attached hydrogens (tertiary/aromatic N) is 1. The van der Waals surface area contributed by atoms with Crippen LogP contribution in [-0.2, 0) is 9.59 Å². The molecule has 1 aromatic carbocycles. The lowest BCUT2D eigenvalue weighted by molar-refractivity contribution is -0.132. The molecule has 0 bridgehead atoms. The molecule has 1 atom stereocenters. The second kappa shape index (κ2) is 4.56. The number of rotatable bonds is 2. The van der Waals surface area contributed by atoms with Crippen molar-refractivity contribution in [2.45, 2.75) is 13.0 Å². The fourth-order valence-corrected chi connectivity index (χ4v) is 1.84. The van der Waals surface area contributed by atoms with Gasteiger partial charge in [-0.1, -0.05) is 0 Å². The van der Waals surface area contributed by atoms with E-state index in [1.54, 1.807) is 6.92 Å². The molecule has 1 fully saturated rings. The minimum atomic E-state index is -0.640. The summed E-state index contributed by atoms with van der Waals surface area (Å²) in [6.45, 7) is 1.49. The van der Waals surface area contributed by atoms with E-state index < -0.39 is 23.7 Å². The van der Waals surface area contributed by atoms with Crippen LogP contribution in [0.25, 0.3) is 0 Å². The number of carbonyl (C=O) groups excluding carboxylic acids is 3. The second-order valence-corrected chi connectivity index (χ2v) is 4.05. The minimum Gasteiger partial charge on any atom is -0.348 e. The highest BCUT2D eigenvalue weighted by molar-refractivity contribution is 6.04. The van der Waals surface area contributed by atoms with Crippen LogP contribution in [0.5, 0.6) is 0 Å². The number of hydrogen-bond acceptors (Lipinski definition) is 4. The number of halogens is 1. The van der Waals surface area contributed by atoms with E-state index >= 15 is 0 Å². The molecule has 0 aliphatic carbocycles. The molecule has 1 saturated heterocycles. The lowest BCUT2D eigenvalue weighted by atomic mass is 10.1. The Morgan fingerprint density at radius 3 is 2.78 bits per heavy atom. The van der Waals surface area contributed by atoms with Crippen molar-refractivity contribution in [3.63, 3.8) is 0 Å². The third kappa shape index (κ3) is 2.09. The van der Waals surface area contributed by atoms with E-state index in [-0.39, 0.29) is 17.8 Å². The van der Waals surface area contributed by atoms with E-state index in [0.717, 1.165) is 6.07 Å². The van der Waals surface area contributed by atoms with Crippen LogP contribution < -0.4 is 10.2 Å². The number of hydrogen-bond donors (Lipinski definition) is 1. The number of aldehydes is 1. The zero-order chi connectivity index (χ0) is 13.3. The Morgan fingerprint density at radius 2 is 2.17 bits per heavy atom. The number of nitrogens with one attached hydrogen (secondary N) is 1. The topological polar surface area (TPSA) is 66.5 Å². The Labute approximate surface area is 103 Å². The third-order valence-corrected chi connectivity index (χ3v) is 2.84. The molecule has 0 spiro atoms. The lowest BCUT2D eigenvalue weighted by Crippen LogP contribution is -2.57. The molecule has 18 heavy (non-hydrogen) atoms. The molecule has 5 nitrogen and oxygen atoms in total. The number of benzene rings is 1. The first kappa shape index (κ1) is 12.2. The van der Waals surface area contributed by atoms with Gasteiger partial charge in [-0.25, -0.2) is 4.39 Å². The molecular formula is C12H11FN2O3. The number of anilines is 1. The molecule has 0 radical (unpaired) electrons. The van der Waals surface area contributed by atoms with E-state index in [4.69, 9.17) is 0 Å². The quantitative estimate of drug-likeness (QED) is 0.612. The summed E-state index contributed by atoms with van der Waals surface area (Å²) < 4.78 is 13.8. The van der Waals surface area contributed by atoms with Crippen molar-refractivity contribution in [2.24, 2.45) is 0 Å². The summed E-state index contributed by atoms with van der Waals surface area (Å²) in [6.07, 6.45) is 0.532. The minimum absolute atomic E-state index is 0.0930. The molecule has 1 heterocycles. The number of piperazine rings is 1. The molecule has 0 aromatic heterocycles. The maximum atomic E-state index is 13.8.